The van der Waals surface area contributed by atoms with E-state index in [1.54, 1.807) is 49.2 Å². The van der Waals surface area contributed by atoms with Crippen LogP contribution in [0.15, 0.2) is 42.5 Å². The summed E-state index contributed by atoms with van der Waals surface area (Å²) < 4.78 is 25.5. The van der Waals surface area contributed by atoms with Gasteiger partial charge < -0.3 is 14.8 Å². The number of carbonyl (C=O) groups excluding carboxylic acids is 1. The van der Waals surface area contributed by atoms with E-state index in [2.05, 4.69) is 10.4 Å². The zero-order chi connectivity index (χ0) is 19.7. The van der Waals surface area contributed by atoms with Crippen LogP contribution in [0, 0.1) is 5.82 Å². The maximum Gasteiger partial charge on any atom is 0.276 e. The predicted molar refractivity (Wildman–Crippen MR) is 103 cm³/mol. The first-order valence-corrected chi connectivity index (χ1v) is 9.00. The number of halogens is 1. The normalized spacial score (nSPS) is 12.5. The number of carbonyl (C=O) groups is 1. The van der Waals surface area contributed by atoms with Crippen LogP contribution in [0.5, 0.6) is 11.5 Å². The van der Waals surface area contributed by atoms with Crippen molar-refractivity contribution in [2.45, 2.75) is 19.3 Å². The lowest BCUT2D eigenvalue weighted by Crippen LogP contribution is -2.15. The van der Waals surface area contributed by atoms with E-state index in [-0.39, 0.29) is 11.7 Å². The number of aromatic nitrogens is 2. The van der Waals surface area contributed by atoms with E-state index >= 15 is 0 Å². The smallest absolute Gasteiger partial charge is 0.276 e. The fourth-order valence-corrected chi connectivity index (χ4v) is 3.49. The lowest BCUT2D eigenvalue weighted by molar-refractivity contribution is 0.102. The summed E-state index contributed by atoms with van der Waals surface area (Å²) in [4.78, 5) is 12.9. The van der Waals surface area contributed by atoms with Gasteiger partial charge in [0, 0.05) is 35.1 Å². The average molecular weight is 381 g/mol. The van der Waals surface area contributed by atoms with Crippen molar-refractivity contribution in [2.75, 3.05) is 19.5 Å². The van der Waals surface area contributed by atoms with Crippen LogP contribution >= 0.6 is 0 Å². The highest BCUT2D eigenvalue weighted by Gasteiger charge is 2.27. The Balaban J connectivity index is 1.67. The maximum absolute atomic E-state index is 13.3. The van der Waals surface area contributed by atoms with Gasteiger partial charge in [0.25, 0.3) is 5.91 Å². The molecule has 7 heteroatoms. The van der Waals surface area contributed by atoms with E-state index in [9.17, 15) is 9.18 Å². The molecule has 1 aliphatic carbocycles. The molecule has 144 valence electrons. The predicted octanol–water partition coefficient (Wildman–Crippen LogP) is 3.77. The van der Waals surface area contributed by atoms with E-state index in [1.807, 2.05) is 0 Å². The molecule has 0 unspecified atom stereocenters. The molecule has 0 saturated carbocycles. The van der Waals surface area contributed by atoms with Crippen LogP contribution < -0.4 is 14.8 Å². The number of nitrogens with zero attached hydrogens (tertiary/aromatic N) is 2. The van der Waals surface area contributed by atoms with Gasteiger partial charge in [0.2, 0.25) is 0 Å². The number of ether oxygens (including phenoxy) is 2. The minimum Gasteiger partial charge on any atom is -0.497 e. The Morgan fingerprint density at radius 3 is 2.39 bits per heavy atom. The third kappa shape index (κ3) is 3.31. The van der Waals surface area contributed by atoms with Crippen LogP contribution in [-0.2, 0) is 12.8 Å². The van der Waals surface area contributed by atoms with E-state index < -0.39 is 0 Å². The summed E-state index contributed by atoms with van der Waals surface area (Å²) in [6.45, 7) is 0. The second-order valence-electron chi connectivity index (χ2n) is 6.57. The second kappa shape index (κ2) is 7.34. The van der Waals surface area contributed by atoms with Gasteiger partial charge in [-0.3, -0.25) is 4.79 Å². The molecule has 2 aromatic carbocycles. The topological polar surface area (TPSA) is 65.4 Å². The molecule has 0 spiro atoms. The molecular weight excluding hydrogens is 361 g/mol. The average Bonchev–Trinajstić information content (AvgIpc) is 3.31. The number of benzene rings is 2. The maximum atomic E-state index is 13.3. The molecule has 0 bridgehead atoms. The van der Waals surface area contributed by atoms with E-state index in [0.717, 1.165) is 36.2 Å². The fraction of sp³-hybridized carbons (Fsp3) is 0.238. The Kier molecular flexibility index (Phi) is 4.73. The van der Waals surface area contributed by atoms with Gasteiger partial charge >= 0.3 is 0 Å². The van der Waals surface area contributed by atoms with Crippen LogP contribution in [0.3, 0.4) is 0 Å². The fourth-order valence-electron chi connectivity index (χ4n) is 3.49. The summed E-state index contributed by atoms with van der Waals surface area (Å²) in [6, 6.07) is 11.3. The standard InChI is InChI=1S/C21H20FN3O3/c1-27-16-10-14(11-17(12-16)28-2)23-21(26)20-18-4-3-5-19(18)25(24-20)15-8-6-13(22)7-9-15/h6-12H,3-5H2,1-2H3,(H,23,26). The Morgan fingerprint density at radius 2 is 1.75 bits per heavy atom. The summed E-state index contributed by atoms with van der Waals surface area (Å²) in [5.74, 6) is 0.556. The molecule has 0 saturated heterocycles. The Morgan fingerprint density at radius 1 is 1.07 bits per heavy atom. The monoisotopic (exact) mass is 381 g/mol. The van der Waals surface area contributed by atoms with E-state index in [4.69, 9.17) is 9.47 Å². The molecule has 1 aromatic heterocycles. The van der Waals surface area contributed by atoms with Crippen molar-refractivity contribution < 1.29 is 18.7 Å². The van der Waals surface area contributed by atoms with Gasteiger partial charge in [0.05, 0.1) is 19.9 Å². The first kappa shape index (κ1) is 18.0. The number of amides is 1. The molecular formula is C21H20FN3O3. The van der Waals surface area contributed by atoms with Gasteiger partial charge in [-0.15, -0.1) is 0 Å². The van der Waals surface area contributed by atoms with Crippen molar-refractivity contribution in [3.63, 3.8) is 0 Å². The first-order valence-electron chi connectivity index (χ1n) is 9.00. The molecule has 0 fully saturated rings. The van der Waals surface area contributed by atoms with Crippen LogP contribution in [-0.4, -0.2) is 29.9 Å². The summed E-state index contributed by atoms with van der Waals surface area (Å²) in [5.41, 5.74) is 3.63. The highest BCUT2D eigenvalue weighted by Crippen LogP contribution is 2.30. The molecule has 28 heavy (non-hydrogen) atoms. The van der Waals surface area contributed by atoms with Gasteiger partial charge in [-0.25, -0.2) is 9.07 Å². The van der Waals surface area contributed by atoms with Crippen molar-refractivity contribution in [3.8, 4) is 17.2 Å². The van der Waals surface area contributed by atoms with Crippen LogP contribution in [0.1, 0.15) is 28.2 Å². The van der Waals surface area contributed by atoms with Crippen molar-refractivity contribution in [1.29, 1.82) is 0 Å². The lowest BCUT2D eigenvalue weighted by atomic mass is 10.2. The summed E-state index contributed by atoms with van der Waals surface area (Å²) in [7, 11) is 3.11. The first-order chi connectivity index (χ1) is 13.6. The SMILES string of the molecule is COc1cc(NC(=O)c2nn(-c3ccc(F)cc3)c3c2CCC3)cc(OC)c1. The van der Waals surface area contributed by atoms with E-state index in [0.29, 0.717) is 22.9 Å². The Labute approximate surface area is 161 Å². The number of anilines is 1. The van der Waals surface area contributed by atoms with Crippen molar-refractivity contribution in [1.82, 2.24) is 9.78 Å². The Hall–Kier alpha value is -3.35. The number of fused-ring (bicyclic) bond motifs is 1. The molecule has 0 atom stereocenters. The van der Waals surface area contributed by atoms with Crippen LogP contribution in [0.25, 0.3) is 5.69 Å². The molecule has 1 amide bonds. The second-order valence-corrected chi connectivity index (χ2v) is 6.57. The quantitative estimate of drug-likeness (QED) is 0.731. The molecule has 1 aliphatic rings. The summed E-state index contributed by atoms with van der Waals surface area (Å²) >= 11 is 0. The summed E-state index contributed by atoms with van der Waals surface area (Å²) in [5, 5.41) is 7.41. The van der Waals surface area contributed by atoms with Gasteiger partial charge in [-0.1, -0.05) is 0 Å². The molecule has 6 nitrogen and oxygen atoms in total. The highest BCUT2D eigenvalue weighted by atomic mass is 19.1. The van der Waals surface area contributed by atoms with Gasteiger partial charge in [-0.2, -0.15) is 5.10 Å². The molecule has 4 rings (SSSR count). The number of hydrogen-bond acceptors (Lipinski definition) is 4. The minimum atomic E-state index is -0.308. The lowest BCUT2D eigenvalue weighted by Gasteiger charge is -2.09. The van der Waals surface area contributed by atoms with Crippen molar-refractivity contribution >= 4 is 11.6 Å². The molecule has 0 radical (unpaired) electrons. The zero-order valence-corrected chi connectivity index (χ0v) is 15.7. The summed E-state index contributed by atoms with van der Waals surface area (Å²) in [6.07, 6.45) is 2.59. The van der Waals surface area contributed by atoms with Crippen molar-refractivity contribution in [2.24, 2.45) is 0 Å². The molecule has 0 aliphatic heterocycles. The van der Waals surface area contributed by atoms with E-state index in [1.165, 1.54) is 12.1 Å². The highest BCUT2D eigenvalue weighted by molar-refractivity contribution is 6.04. The number of rotatable bonds is 5. The van der Waals surface area contributed by atoms with Crippen LogP contribution in [0.4, 0.5) is 10.1 Å². The number of hydrogen-bond donors (Lipinski definition) is 1. The van der Waals surface area contributed by atoms with Gasteiger partial charge in [0.1, 0.15) is 17.3 Å². The van der Waals surface area contributed by atoms with Gasteiger partial charge in [0.15, 0.2) is 5.69 Å². The molecule has 3 aromatic rings. The Bertz CT molecular complexity index is 1010. The third-order valence-electron chi connectivity index (χ3n) is 4.83. The molecule has 1 N–H and O–H groups in total. The third-order valence-corrected chi connectivity index (χ3v) is 4.83. The van der Waals surface area contributed by atoms with Gasteiger partial charge in [-0.05, 0) is 43.5 Å². The largest absolute Gasteiger partial charge is 0.497 e. The number of nitrogens with one attached hydrogen (secondary N) is 1. The van der Waals surface area contributed by atoms with Crippen molar-refractivity contribution in [3.05, 3.63) is 65.2 Å². The molecule has 1 heterocycles. The zero-order valence-electron chi connectivity index (χ0n) is 15.7. The number of methoxy groups -OCH3 is 2. The van der Waals surface area contributed by atoms with Crippen LogP contribution in [0.2, 0.25) is 0 Å². The minimum absolute atomic E-state index is 0.297.